The van der Waals surface area contributed by atoms with Gasteiger partial charge in [-0.25, -0.2) is 0 Å². The zero-order valence-electron chi connectivity index (χ0n) is 10.3. The molecule has 4 N–H and O–H groups in total. The third-order valence-corrected chi connectivity index (χ3v) is 2.54. The molecule has 0 heterocycles. The summed E-state index contributed by atoms with van der Waals surface area (Å²) in [6, 6.07) is 0. The van der Waals surface area contributed by atoms with E-state index < -0.39 is 11.0 Å². The van der Waals surface area contributed by atoms with Crippen LogP contribution in [0.4, 0.5) is 0 Å². The fourth-order valence-electron chi connectivity index (χ4n) is 1.23. The Kier molecular flexibility index (Phi) is 5.24. The normalized spacial score (nSPS) is 15.9. The van der Waals surface area contributed by atoms with Crippen LogP contribution in [0, 0.1) is 5.41 Å². The van der Waals surface area contributed by atoms with Crippen LogP contribution in [0.5, 0.6) is 0 Å². The topological polar surface area (TPSA) is 75.3 Å². The van der Waals surface area contributed by atoms with Crippen LogP contribution >= 0.6 is 0 Å². The molecule has 0 saturated heterocycles. The minimum absolute atomic E-state index is 0.110. The maximum Gasteiger partial charge on any atom is 0.227 e. The molecule has 0 aromatic heterocycles. The number of amides is 1. The van der Waals surface area contributed by atoms with E-state index in [2.05, 4.69) is 5.32 Å². The van der Waals surface area contributed by atoms with Crippen LogP contribution in [0.15, 0.2) is 0 Å². The van der Waals surface area contributed by atoms with E-state index in [4.69, 9.17) is 5.73 Å². The van der Waals surface area contributed by atoms with Crippen molar-refractivity contribution in [1.82, 2.24) is 5.32 Å². The van der Waals surface area contributed by atoms with Crippen molar-refractivity contribution in [1.29, 1.82) is 0 Å². The number of hydrogen-bond donors (Lipinski definition) is 3. The Morgan fingerprint density at radius 2 is 1.93 bits per heavy atom. The van der Waals surface area contributed by atoms with Crippen molar-refractivity contribution in [2.45, 2.75) is 46.1 Å². The third kappa shape index (κ3) is 5.14. The summed E-state index contributed by atoms with van der Waals surface area (Å²) in [6.07, 6.45) is 1.57. The first-order chi connectivity index (χ1) is 6.75. The van der Waals surface area contributed by atoms with E-state index in [1.54, 1.807) is 20.8 Å². The lowest BCUT2D eigenvalue weighted by Gasteiger charge is -2.27. The van der Waals surface area contributed by atoms with Crippen molar-refractivity contribution in [3.05, 3.63) is 0 Å². The van der Waals surface area contributed by atoms with E-state index in [0.717, 1.165) is 6.42 Å². The molecule has 1 unspecified atom stereocenters. The lowest BCUT2D eigenvalue weighted by Crippen LogP contribution is -2.47. The van der Waals surface area contributed by atoms with Gasteiger partial charge in [-0.2, -0.15) is 0 Å². The van der Waals surface area contributed by atoms with E-state index in [0.29, 0.717) is 13.0 Å². The van der Waals surface area contributed by atoms with E-state index in [-0.39, 0.29) is 12.5 Å². The average Bonchev–Trinajstić information content (AvgIpc) is 2.14. The van der Waals surface area contributed by atoms with E-state index in [9.17, 15) is 9.90 Å². The second kappa shape index (κ2) is 5.47. The van der Waals surface area contributed by atoms with Crippen LogP contribution in [-0.4, -0.2) is 29.7 Å². The minimum atomic E-state index is -0.824. The largest absolute Gasteiger partial charge is 0.388 e. The van der Waals surface area contributed by atoms with Gasteiger partial charge in [0.2, 0.25) is 5.91 Å². The summed E-state index contributed by atoms with van der Waals surface area (Å²) in [5.41, 5.74) is 4.09. The first-order valence-electron chi connectivity index (χ1n) is 5.46. The number of carbonyl (C=O) groups is 1. The molecule has 4 heteroatoms. The van der Waals surface area contributed by atoms with Crippen molar-refractivity contribution in [2.24, 2.45) is 11.1 Å². The zero-order valence-corrected chi connectivity index (χ0v) is 10.3. The van der Waals surface area contributed by atoms with Crippen molar-refractivity contribution < 1.29 is 9.90 Å². The van der Waals surface area contributed by atoms with Gasteiger partial charge in [0.25, 0.3) is 0 Å². The molecule has 4 nitrogen and oxygen atoms in total. The summed E-state index contributed by atoms with van der Waals surface area (Å²) in [4.78, 5) is 11.6. The Morgan fingerprint density at radius 3 is 2.33 bits per heavy atom. The average molecular weight is 216 g/mol. The number of nitrogens with one attached hydrogen (secondary N) is 1. The molecule has 0 rings (SSSR count). The molecule has 0 aromatic carbocycles. The van der Waals surface area contributed by atoms with Crippen LogP contribution in [0.25, 0.3) is 0 Å². The molecule has 15 heavy (non-hydrogen) atoms. The molecule has 1 atom stereocenters. The number of hydrogen-bond acceptors (Lipinski definition) is 3. The Bertz CT molecular complexity index is 213. The molecule has 0 fully saturated rings. The fraction of sp³-hybridized carbons (Fsp3) is 0.909. The van der Waals surface area contributed by atoms with E-state index >= 15 is 0 Å². The highest BCUT2D eigenvalue weighted by Gasteiger charge is 2.28. The molecular weight excluding hydrogens is 192 g/mol. The lowest BCUT2D eigenvalue weighted by molar-refractivity contribution is -0.130. The van der Waals surface area contributed by atoms with E-state index in [1.165, 1.54) is 0 Å². The van der Waals surface area contributed by atoms with Crippen molar-refractivity contribution >= 4 is 5.91 Å². The van der Waals surface area contributed by atoms with Gasteiger partial charge in [0, 0.05) is 13.1 Å². The summed E-state index contributed by atoms with van der Waals surface area (Å²) in [5.74, 6) is -0.110. The van der Waals surface area contributed by atoms with Gasteiger partial charge in [0.05, 0.1) is 11.0 Å². The molecule has 0 spiro atoms. The molecule has 90 valence electrons. The molecule has 0 aromatic rings. The van der Waals surface area contributed by atoms with Crippen molar-refractivity contribution in [3.8, 4) is 0 Å². The predicted octanol–water partition coefficient (Wildman–Crippen LogP) is 0.639. The first-order valence-corrected chi connectivity index (χ1v) is 5.46. The van der Waals surface area contributed by atoms with Gasteiger partial charge < -0.3 is 16.2 Å². The summed E-state index contributed by atoms with van der Waals surface area (Å²) in [5, 5.41) is 12.6. The Hall–Kier alpha value is -0.610. The smallest absolute Gasteiger partial charge is 0.227 e. The minimum Gasteiger partial charge on any atom is -0.388 e. The van der Waals surface area contributed by atoms with Gasteiger partial charge in [-0.1, -0.05) is 13.3 Å². The highest BCUT2D eigenvalue weighted by molar-refractivity contribution is 5.82. The molecule has 0 aliphatic heterocycles. The van der Waals surface area contributed by atoms with Gasteiger partial charge in [-0.15, -0.1) is 0 Å². The SMILES string of the molecule is CCCC(C)(O)CNC(=O)C(C)(C)CN. The molecule has 0 radical (unpaired) electrons. The highest BCUT2D eigenvalue weighted by Crippen LogP contribution is 2.14. The van der Waals surface area contributed by atoms with Gasteiger partial charge in [0.15, 0.2) is 0 Å². The molecule has 1 amide bonds. The second-order valence-electron chi connectivity index (χ2n) is 5.02. The van der Waals surface area contributed by atoms with Crippen LogP contribution in [0.3, 0.4) is 0 Å². The zero-order chi connectivity index (χ0) is 12.1. The van der Waals surface area contributed by atoms with Gasteiger partial charge in [0.1, 0.15) is 0 Å². The van der Waals surface area contributed by atoms with Gasteiger partial charge >= 0.3 is 0 Å². The summed E-state index contributed by atoms with van der Waals surface area (Å²) in [6.45, 7) is 7.89. The Labute approximate surface area is 92.2 Å². The highest BCUT2D eigenvalue weighted by atomic mass is 16.3. The van der Waals surface area contributed by atoms with Crippen LogP contribution < -0.4 is 11.1 Å². The summed E-state index contributed by atoms with van der Waals surface area (Å²) < 4.78 is 0. The molecule has 0 bridgehead atoms. The second-order valence-corrected chi connectivity index (χ2v) is 5.02. The number of rotatable bonds is 6. The van der Waals surface area contributed by atoms with E-state index in [1.807, 2.05) is 6.92 Å². The summed E-state index contributed by atoms with van der Waals surface area (Å²) in [7, 11) is 0. The Balaban J connectivity index is 4.11. The molecule has 0 aliphatic carbocycles. The van der Waals surface area contributed by atoms with Crippen LogP contribution in [0.2, 0.25) is 0 Å². The van der Waals surface area contributed by atoms with Crippen LogP contribution in [0.1, 0.15) is 40.5 Å². The standard InChI is InChI=1S/C11H24N2O2/c1-5-6-11(4,15)8-13-9(14)10(2,3)7-12/h15H,5-8,12H2,1-4H3,(H,13,14). The lowest BCUT2D eigenvalue weighted by atomic mass is 9.92. The maximum atomic E-state index is 11.6. The van der Waals surface area contributed by atoms with Gasteiger partial charge in [-0.05, 0) is 27.2 Å². The number of nitrogens with two attached hydrogens (primary N) is 1. The van der Waals surface area contributed by atoms with Gasteiger partial charge in [-0.3, -0.25) is 4.79 Å². The maximum absolute atomic E-state index is 11.6. The third-order valence-electron chi connectivity index (χ3n) is 2.54. The molecule has 0 saturated carbocycles. The molecular formula is C11H24N2O2. The van der Waals surface area contributed by atoms with Crippen LogP contribution in [-0.2, 0) is 4.79 Å². The van der Waals surface area contributed by atoms with Crippen molar-refractivity contribution in [3.63, 3.8) is 0 Å². The number of aliphatic hydroxyl groups is 1. The monoisotopic (exact) mass is 216 g/mol. The number of carbonyl (C=O) groups excluding carboxylic acids is 1. The quantitative estimate of drug-likeness (QED) is 0.610. The Morgan fingerprint density at radius 1 is 1.40 bits per heavy atom. The van der Waals surface area contributed by atoms with Crippen molar-refractivity contribution in [2.75, 3.05) is 13.1 Å². The fourth-order valence-corrected chi connectivity index (χ4v) is 1.23. The predicted molar refractivity (Wildman–Crippen MR) is 61.4 cm³/mol. The first kappa shape index (κ1) is 14.4. The summed E-state index contributed by atoms with van der Waals surface area (Å²) >= 11 is 0. The molecule has 0 aliphatic rings.